The molecule has 0 aliphatic carbocycles. The molecule has 0 fully saturated rings. The highest BCUT2D eigenvalue weighted by Gasteiger charge is 2.12. The Morgan fingerprint density at radius 3 is 2.54 bits per heavy atom. The van der Waals surface area contributed by atoms with Gasteiger partial charge >= 0.3 is 5.97 Å². The van der Waals surface area contributed by atoms with Gasteiger partial charge in [-0.05, 0) is 23.8 Å². The molecule has 0 aromatic heterocycles. The van der Waals surface area contributed by atoms with Crippen molar-refractivity contribution in [1.29, 1.82) is 0 Å². The Labute approximate surface area is 152 Å². The second-order valence-electron chi connectivity index (χ2n) is 4.80. The summed E-state index contributed by atoms with van der Waals surface area (Å²) in [7, 11) is 0. The van der Waals surface area contributed by atoms with Crippen molar-refractivity contribution in [2.45, 2.75) is 5.75 Å². The predicted molar refractivity (Wildman–Crippen MR) is 94.1 cm³/mol. The SMILES string of the molecule is O=C(CSCc1ccc(Cl)c(Cl)c1)Nc1ccc([O-])cc1C(=O)O. The van der Waals surface area contributed by atoms with E-state index in [1.165, 1.54) is 23.9 Å². The highest BCUT2D eigenvalue weighted by Crippen LogP contribution is 2.25. The average Bonchev–Trinajstić information content (AvgIpc) is 2.52. The lowest BCUT2D eigenvalue weighted by atomic mass is 10.1. The van der Waals surface area contributed by atoms with E-state index >= 15 is 0 Å². The maximum absolute atomic E-state index is 11.9. The van der Waals surface area contributed by atoms with E-state index in [0.29, 0.717) is 15.8 Å². The maximum Gasteiger partial charge on any atom is 0.337 e. The minimum absolute atomic E-state index is 0.0993. The Morgan fingerprint density at radius 2 is 1.88 bits per heavy atom. The Hall–Kier alpha value is -1.89. The number of carbonyl (C=O) groups excluding carboxylic acids is 1. The molecule has 2 aromatic rings. The van der Waals surface area contributed by atoms with E-state index in [0.717, 1.165) is 11.6 Å². The third-order valence-corrected chi connectivity index (χ3v) is 4.72. The molecule has 0 saturated heterocycles. The van der Waals surface area contributed by atoms with Crippen LogP contribution in [0.5, 0.6) is 5.75 Å². The molecule has 1 amide bonds. The molecule has 126 valence electrons. The normalized spacial score (nSPS) is 10.4. The summed E-state index contributed by atoms with van der Waals surface area (Å²) in [5.41, 5.74) is 0.789. The fourth-order valence-electron chi connectivity index (χ4n) is 1.89. The van der Waals surface area contributed by atoms with E-state index in [1.54, 1.807) is 12.1 Å². The molecule has 24 heavy (non-hydrogen) atoms. The van der Waals surface area contributed by atoms with Crippen molar-refractivity contribution < 1.29 is 19.8 Å². The monoisotopic (exact) mass is 384 g/mol. The van der Waals surface area contributed by atoms with Gasteiger partial charge < -0.3 is 15.5 Å². The van der Waals surface area contributed by atoms with E-state index in [2.05, 4.69) is 5.32 Å². The topological polar surface area (TPSA) is 89.5 Å². The van der Waals surface area contributed by atoms with Crippen LogP contribution in [0.1, 0.15) is 15.9 Å². The summed E-state index contributed by atoms with van der Waals surface area (Å²) in [4.78, 5) is 23.0. The standard InChI is InChI=1S/C16H13Cl2NO4S/c17-12-3-1-9(5-13(12)18)7-24-8-15(21)19-14-4-2-10(20)6-11(14)16(22)23/h1-6,20H,7-8H2,(H,19,21)(H,22,23)/p-1. The van der Waals surface area contributed by atoms with Crippen molar-refractivity contribution in [3.63, 3.8) is 0 Å². The summed E-state index contributed by atoms with van der Waals surface area (Å²) in [5.74, 6) is -1.39. The number of nitrogens with one attached hydrogen (secondary N) is 1. The summed E-state index contributed by atoms with van der Waals surface area (Å²) in [6.45, 7) is 0. The van der Waals surface area contributed by atoms with Gasteiger partial charge in [0.2, 0.25) is 5.91 Å². The van der Waals surface area contributed by atoms with Gasteiger partial charge in [-0.15, -0.1) is 17.5 Å². The number of halogens is 2. The molecular weight excluding hydrogens is 373 g/mol. The number of carboxylic acid groups (broad SMARTS) is 1. The Balaban J connectivity index is 1.92. The van der Waals surface area contributed by atoms with Gasteiger partial charge in [0, 0.05) is 5.75 Å². The first-order chi connectivity index (χ1) is 11.4. The van der Waals surface area contributed by atoms with Crippen molar-refractivity contribution in [3.05, 3.63) is 57.6 Å². The molecular formula is C16H12Cl2NO4S-. The summed E-state index contributed by atoms with van der Waals surface area (Å²) in [6, 6.07) is 8.68. The quantitative estimate of drug-likeness (QED) is 0.793. The second-order valence-corrected chi connectivity index (χ2v) is 6.60. The van der Waals surface area contributed by atoms with Crippen LogP contribution < -0.4 is 10.4 Å². The average molecular weight is 385 g/mol. The number of hydrogen-bond acceptors (Lipinski definition) is 4. The van der Waals surface area contributed by atoms with Gasteiger partial charge in [-0.1, -0.05) is 41.4 Å². The van der Waals surface area contributed by atoms with Crippen LogP contribution in [0.25, 0.3) is 0 Å². The number of hydrogen-bond donors (Lipinski definition) is 2. The van der Waals surface area contributed by atoms with E-state index < -0.39 is 11.7 Å². The minimum Gasteiger partial charge on any atom is -0.872 e. The third kappa shape index (κ3) is 5.06. The van der Waals surface area contributed by atoms with Crippen molar-refractivity contribution in [2.24, 2.45) is 0 Å². The van der Waals surface area contributed by atoms with Gasteiger partial charge in [-0.25, -0.2) is 4.79 Å². The van der Waals surface area contributed by atoms with Crippen molar-refractivity contribution >= 4 is 52.5 Å². The minimum atomic E-state index is -1.27. The molecule has 8 heteroatoms. The van der Waals surface area contributed by atoms with E-state index in [4.69, 9.17) is 28.3 Å². The molecule has 0 aliphatic heterocycles. The number of thioether (sulfide) groups is 1. The van der Waals surface area contributed by atoms with E-state index in [-0.39, 0.29) is 22.9 Å². The Bertz CT molecular complexity index is 783. The molecule has 0 spiro atoms. The summed E-state index contributed by atoms with van der Waals surface area (Å²) in [6.07, 6.45) is 0. The van der Waals surface area contributed by atoms with Crippen molar-refractivity contribution in [2.75, 3.05) is 11.1 Å². The van der Waals surface area contributed by atoms with Gasteiger partial charge in [0.1, 0.15) is 0 Å². The predicted octanol–water partition coefficient (Wildman–Crippen LogP) is 3.64. The molecule has 0 radical (unpaired) electrons. The van der Waals surface area contributed by atoms with Crippen LogP contribution in [-0.2, 0) is 10.5 Å². The van der Waals surface area contributed by atoms with E-state index in [1.807, 2.05) is 6.07 Å². The highest BCUT2D eigenvalue weighted by atomic mass is 35.5. The first-order valence-corrected chi connectivity index (χ1v) is 8.64. The molecule has 0 bridgehead atoms. The fraction of sp³-hybridized carbons (Fsp3) is 0.125. The molecule has 2 aromatic carbocycles. The summed E-state index contributed by atoms with van der Waals surface area (Å²) < 4.78 is 0. The Kier molecular flexibility index (Phi) is 6.36. The largest absolute Gasteiger partial charge is 0.872 e. The number of benzene rings is 2. The lowest BCUT2D eigenvalue weighted by molar-refractivity contribution is -0.268. The first kappa shape index (κ1) is 18.4. The van der Waals surface area contributed by atoms with E-state index in [9.17, 15) is 14.7 Å². The zero-order valence-electron chi connectivity index (χ0n) is 12.2. The second kappa shape index (κ2) is 8.28. The lowest BCUT2D eigenvalue weighted by Gasteiger charge is -2.12. The molecule has 2 N–H and O–H groups in total. The van der Waals surface area contributed by atoms with Gasteiger partial charge in [-0.3, -0.25) is 4.79 Å². The van der Waals surface area contributed by atoms with Gasteiger partial charge in [-0.2, -0.15) is 0 Å². The van der Waals surface area contributed by atoms with Crippen LogP contribution in [0.15, 0.2) is 36.4 Å². The van der Waals surface area contributed by atoms with Crippen molar-refractivity contribution in [1.82, 2.24) is 0 Å². The molecule has 5 nitrogen and oxygen atoms in total. The molecule has 0 atom stereocenters. The smallest absolute Gasteiger partial charge is 0.337 e. The lowest BCUT2D eigenvalue weighted by Crippen LogP contribution is -2.17. The van der Waals surface area contributed by atoms with Crippen LogP contribution in [0.3, 0.4) is 0 Å². The van der Waals surface area contributed by atoms with Gasteiger partial charge in [0.25, 0.3) is 0 Å². The summed E-state index contributed by atoms with van der Waals surface area (Å²) >= 11 is 13.1. The fourth-order valence-corrected chi connectivity index (χ4v) is 2.98. The summed E-state index contributed by atoms with van der Waals surface area (Å²) in [5, 5.41) is 23.7. The molecule has 0 aliphatic rings. The number of rotatable bonds is 6. The molecule has 2 rings (SSSR count). The van der Waals surface area contributed by atoms with Crippen LogP contribution in [0.2, 0.25) is 10.0 Å². The number of carbonyl (C=O) groups is 2. The van der Waals surface area contributed by atoms with Crippen LogP contribution in [-0.4, -0.2) is 22.7 Å². The first-order valence-electron chi connectivity index (χ1n) is 6.72. The zero-order chi connectivity index (χ0) is 17.7. The van der Waals surface area contributed by atoms with Crippen LogP contribution in [0.4, 0.5) is 5.69 Å². The van der Waals surface area contributed by atoms with Gasteiger partial charge in [0.05, 0.1) is 27.0 Å². The molecule has 0 saturated carbocycles. The number of carboxylic acids is 1. The van der Waals surface area contributed by atoms with Crippen LogP contribution >= 0.6 is 35.0 Å². The molecule has 0 unspecified atom stereocenters. The van der Waals surface area contributed by atoms with Crippen LogP contribution in [0, 0.1) is 0 Å². The number of aromatic carboxylic acids is 1. The molecule has 0 heterocycles. The van der Waals surface area contributed by atoms with Crippen molar-refractivity contribution in [3.8, 4) is 5.75 Å². The number of anilines is 1. The highest BCUT2D eigenvalue weighted by molar-refractivity contribution is 7.99. The third-order valence-electron chi connectivity index (χ3n) is 2.98. The maximum atomic E-state index is 11.9. The Morgan fingerprint density at radius 1 is 1.12 bits per heavy atom. The zero-order valence-corrected chi connectivity index (χ0v) is 14.5. The number of amides is 1. The van der Waals surface area contributed by atoms with Gasteiger partial charge in [0.15, 0.2) is 0 Å².